The maximum Gasteiger partial charge on any atom is 0.289 e. The molecular formula is C18H17NO4S2. The molecule has 1 atom stereocenters. The summed E-state index contributed by atoms with van der Waals surface area (Å²) >= 11 is 1.45. The van der Waals surface area contributed by atoms with Crippen molar-refractivity contribution < 1.29 is 17.6 Å². The van der Waals surface area contributed by atoms with Gasteiger partial charge in [0.1, 0.15) is 5.58 Å². The minimum absolute atomic E-state index is 0.0263. The molecule has 4 rings (SSSR count). The molecule has 0 aliphatic carbocycles. The molecule has 1 unspecified atom stereocenters. The SMILES string of the molecule is O=C(c1cc2ccccc2o1)N1CCC(c2cccs2)S(=O)(=O)CC1. The van der Waals surface area contributed by atoms with Crippen LogP contribution in [0.2, 0.25) is 0 Å². The lowest BCUT2D eigenvalue weighted by Crippen LogP contribution is -2.33. The van der Waals surface area contributed by atoms with Gasteiger partial charge >= 0.3 is 0 Å². The molecule has 1 saturated heterocycles. The lowest BCUT2D eigenvalue weighted by Gasteiger charge is -2.18. The predicted octanol–water partition coefficient (Wildman–Crippen LogP) is 3.50. The number of hydrogen-bond acceptors (Lipinski definition) is 5. The summed E-state index contributed by atoms with van der Waals surface area (Å²) in [5.41, 5.74) is 0.657. The van der Waals surface area contributed by atoms with E-state index >= 15 is 0 Å². The van der Waals surface area contributed by atoms with E-state index in [-0.39, 0.29) is 24.0 Å². The fourth-order valence-electron chi connectivity index (χ4n) is 3.18. The van der Waals surface area contributed by atoms with Gasteiger partial charge in [0, 0.05) is 23.4 Å². The van der Waals surface area contributed by atoms with Crippen LogP contribution >= 0.6 is 11.3 Å². The number of para-hydroxylation sites is 1. The Morgan fingerprint density at radius 1 is 1.16 bits per heavy atom. The van der Waals surface area contributed by atoms with E-state index in [1.54, 1.807) is 11.0 Å². The molecule has 3 heterocycles. The van der Waals surface area contributed by atoms with E-state index < -0.39 is 15.1 Å². The van der Waals surface area contributed by atoms with Crippen LogP contribution in [0.5, 0.6) is 0 Å². The fraction of sp³-hybridized carbons (Fsp3) is 0.278. The molecule has 1 fully saturated rings. The highest BCUT2D eigenvalue weighted by Crippen LogP contribution is 2.33. The van der Waals surface area contributed by atoms with Gasteiger partial charge in [0.05, 0.1) is 11.0 Å². The van der Waals surface area contributed by atoms with E-state index in [2.05, 4.69) is 0 Å². The fourth-order valence-corrected chi connectivity index (χ4v) is 6.19. The number of hydrogen-bond donors (Lipinski definition) is 0. The molecule has 1 aromatic carbocycles. The van der Waals surface area contributed by atoms with Crippen molar-refractivity contribution in [2.45, 2.75) is 11.7 Å². The minimum atomic E-state index is -3.27. The van der Waals surface area contributed by atoms with Gasteiger partial charge in [-0.3, -0.25) is 4.79 Å². The number of furan rings is 1. The molecule has 0 bridgehead atoms. The van der Waals surface area contributed by atoms with Gasteiger partial charge in [0.25, 0.3) is 5.91 Å². The van der Waals surface area contributed by atoms with Crippen LogP contribution in [0, 0.1) is 0 Å². The number of carbonyl (C=O) groups is 1. The Morgan fingerprint density at radius 2 is 2.00 bits per heavy atom. The van der Waals surface area contributed by atoms with Crippen molar-refractivity contribution in [2.75, 3.05) is 18.8 Å². The third-order valence-electron chi connectivity index (χ3n) is 4.52. The first-order chi connectivity index (χ1) is 12.0. The molecule has 1 aliphatic rings. The Hall–Kier alpha value is -2.12. The first kappa shape index (κ1) is 16.4. The second-order valence-electron chi connectivity index (χ2n) is 6.10. The predicted molar refractivity (Wildman–Crippen MR) is 97.6 cm³/mol. The molecule has 0 saturated carbocycles. The monoisotopic (exact) mass is 375 g/mol. The standard InChI is InChI=1S/C18H17NO4S2/c20-18(15-12-13-4-1-2-5-14(13)23-15)19-8-7-17(16-6-3-10-24-16)25(21,22)11-9-19/h1-6,10,12,17H,7-9,11H2. The molecule has 0 radical (unpaired) electrons. The average Bonchev–Trinajstić information content (AvgIpc) is 3.23. The maximum absolute atomic E-state index is 12.8. The smallest absolute Gasteiger partial charge is 0.289 e. The van der Waals surface area contributed by atoms with Gasteiger partial charge in [0.15, 0.2) is 15.6 Å². The third kappa shape index (κ3) is 3.09. The summed E-state index contributed by atoms with van der Waals surface area (Å²) in [4.78, 5) is 15.2. The van der Waals surface area contributed by atoms with Gasteiger partial charge in [-0.1, -0.05) is 24.3 Å². The maximum atomic E-state index is 12.8. The molecule has 130 valence electrons. The van der Waals surface area contributed by atoms with Crippen molar-refractivity contribution in [3.63, 3.8) is 0 Å². The zero-order chi connectivity index (χ0) is 17.4. The highest BCUT2D eigenvalue weighted by molar-refractivity contribution is 7.91. The average molecular weight is 375 g/mol. The molecule has 25 heavy (non-hydrogen) atoms. The summed E-state index contributed by atoms with van der Waals surface area (Å²) in [6.07, 6.45) is 0.412. The van der Waals surface area contributed by atoms with Crippen LogP contribution in [0.4, 0.5) is 0 Å². The van der Waals surface area contributed by atoms with E-state index in [1.165, 1.54) is 11.3 Å². The first-order valence-corrected chi connectivity index (χ1v) is 10.7. The summed E-state index contributed by atoms with van der Waals surface area (Å²) in [6.45, 7) is 0.595. The van der Waals surface area contributed by atoms with Gasteiger partial charge in [-0.25, -0.2) is 8.42 Å². The summed E-state index contributed by atoms with van der Waals surface area (Å²) in [6, 6.07) is 12.9. The number of benzene rings is 1. The highest BCUT2D eigenvalue weighted by atomic mass is 32.2. The number of sulfone groups is 1. The Morgan fingerprint density at radius 3 is 2.76 bits per heavy atom. The van der Waals surface area contributed by atoms with Gasteiger partial charge in [0.2, 0.25) is 0 Å². The number of nitrogens with zero attached hydrogens (tertiary/aromatic N) is 1. The molecule has 7 heteroatoms. The largest absolute Gasteiger partial charge is 0.451 e. The van der Waals surface area contributed by atoms with E-state index in [0.29, 0.717) is 18.5 Å². The number of carbonyl (C=O) groups excluding carboxylic acids is 1. The third-order valence-corrected chi connectivity index (χ3v) is 7.77. The molecule has 1 amide bonds. The van der Waals surface area contributed by atoms with Gasteiger partial charge in [-0.05, 0) is 30.0 Å². The summed E-state index contributed by atoms with van der Waals surface area (Å²) < 4.78 is 30.8. The van der Waals surface area contributed by atoms with Crippen LogP contribution in [-0.2, 0) is 9.84 Å². The molecular weight excluding hydrogens is 358 g/mol. The zero-order valence-electron chi connectivity index (χ0n) is 13.4. The van der Waals surface area contributed by atoms with Crippen LogP contribution in [0.1, 0.15) is 27.1 Å². The summed E-state index contributed by atoms with van der Waals surface area (Å²) in [5.74, 6) is -0.0203. The van der Waals surface area contributed by atoms with E-state index in [0.717, 1.165) is 10.3 Å². The van der Waals surface area contributed by atoms with Gasteiger partial charge < -0.3 is 9.32 Å². The van der Waals surface area contributed by atoms with E-state index in [4.69, 9.17) is 4.42 Å². The molecule has 2 aromatic heterocycles. The van der Waals surface area contributed by atoms with Gasteiger partial charge in [-0.15, -0.1) is 11.3 Å². The van der Waals surface area contributed by atoms with Crippen molar-refractivity contribution >= 4 is 38.1 Å². The first-order valence-electron chi connectivity index (χ1n) is 8.07. The molecule has 1 aliphatic heterocycles. The topological polar surface area (TPSA) is 67.6 Å². The normalized spacial score (nSPS) is 20.5. The molecule has 3 aromatic rings. The second kappa shape index (κ2) is 6.31. The van der Waals surface area contributed by atoms with Crippen molar-refractivity contribution in [3.8, 4) is 0 Å². The summed E-state index contributed by atoms with van der Waals surface area (Å²) in [7, 11) is -3.27. The van der Waals surface area contributed by atoms with Crippen LogP contribution in [0.3, 0.4) is 0 Å². The van der Waals surface area contributed by atoms with Crippen molar-refractivity contribution in [1.29, 1.82) is 0 Å². The number of fused-ring (bicyclic) bond motifs is 1. The molecule has 5 nitrogen and oxygen atoms in total. The zero-order valence-corrected chi connectivity index (χ0v) is 15.1. The molecule has 0 N–H and O–H groups in total. The highest BCUT2D eigenvalue weighted by Gasteiger charge is 2.34. The number of rotatable bonds is 2. The Bertz CT molecular complexity index is 972. The van der Waals surface area contributed by atoms with Gasteiger partial charge in [-0.2, -0.15) is 0 Å². The minimum Gasteiger partial charge on any atom is -0.451 e. The quantitative estimate of drug-likeness (QED) is 0.688. The van der Waals surface area contributed by atoms with Crippen molar-refractivity contribution in [1.82, 2.24) is 4.90 Å². The lowest BCUT2D eigenvalue weighted by atomic mass is 10.2. The van der Waals surface area contributed by atoms with Crippen LogP contribution in [0.25, 0.3) is 11.0 Å². The second-order valence-corrected chi connectivity index (χ2v) is 9.38. The lowest BCUT2D eigenvalue weighted by molar-refractivity contribution is 0.0737. The molecule has 0 spiro atoms. The Kier molecular flexibility index (Phi) is 4.13. The van der Waals surface area contributed by atoms with Crippen LogP contribution in [0.15, 0.2) is 52.3 Å². The Balaban J connectivity index is 1.58. The van der Waals surface area contributed by atoms with E-state index in [9.17, 15) is 13.2 Å². The van der Waals surface area contributed by atoms with Crippen molar-refractivity contribution in [3.05, 3.63) is 58.5 Å². The van der Waals surface area contributed by atoms with Crippen LogP contribution in [-0.4, -0.2) is 38.1 Å². The summed E-state index contributed by atoms with van der Waals surface area (Å²) in [5, 5.41) is 2.22. The Labute approximate surface area is 149 Å². The van der Waals surface area contributed by atoms with Crippen molar-refractivity contribution in [2.24, 2.45) is 0 Å². The number of thiophene rings is 1. The number of amides is 1. The van der Waals surface area contributed by atoms with E-state index in [1.807, 2.05) is 41.8 Å². The van der Waals surface area contributed by atoms with Crippen LogP contribution < -0.4 is 0 Å².